The van der Waals surface area contributed by atoms with E-state index < -0.39 is 0 Å². The molecule has 3 nitrogen and oxygen atoms in total. The molecule has 0 saturated heterocycles. The van der Waals surface area contributed by atoms with Crippen molar-refractivity contribution in [3.05, 3.63) is 18.0 Å². The molecule has 0 fully saturated rings. The molecule has 1 N–H and O–H groups in total. The lowest BCUT2D eigenvalue weighted by Crippen LogP contribution is -2.01. The first kappa shape index (κ1) is 9.19. The Bertz CT molecular complexity index is 267. The molecule has 0 atom stereocenters. The highest BCUT2D eigenvalue weighted by Crippen LogP contribution is 2.11. The first-order valence-corrected chi connectivity index (χ1v) is 4.70. The molecule has 0 aliphatic carbocycles. The van der Waals surface area contributed by atoms with Crippen molar-refractivity contribution in [2.24, 2.45) is 0 Å². The molecule has 1 heterocycles. The van der Waals surface area contributed by atoms with Gasteiger partial charge in [-0.15, -0.1) is 0 Å². The van der Waals surface area contributed by atoms with Crippen molar-refractivity contribution in [2.45, 2.75) is 20.3 Å². The van der Waals surface area contributed by atoms with E-state index in [1.807, 2.05) is 13.8 Å². The van der Waals surface area contributed by atoms with Crippen LogP contribution in [0.1, 0.15) is 19.7 Å². The van der Waals surface area contributed by atoms with Crippen molar-refractivity contribution in [2.75, 3.05) is 11.9 Å². The molecule has 0 bridgehead atoms. The van der Waals surface area contributed by atoms with Crippen LogP contribution in [0.15, 0.2) is 12.2 Å². The number of anilines is 1. The molecule has 0 spiro atoms. The molecule has 0 unspecified atom stereocenters. The lowest BCUT2D eigenvalue weighted by Gasteiger charge is -1.98. The number of hydrogen-bond acceptors (Lipinski definition) is 4. The molecular formula is C8H13N3S. The second kappa shape index (κ2) is 4.21. The Balaban J connectivity index is 2.47. The van der Waals surface area contributed by atoms with Crippen LogP contribution >= 0.6 is 11.5 Å². The van der Waals surface area contributed by atoms with Gasteiger partial charge in [0.15, 0.2) is 0 Å². The van der Waals surface area contributed by atoms with Gasteiger partial charge in [0, 0.05) is 24.5 Å². The van der Waals surface area contributed by atoms with Crippen molar-refractivity contribution in [3.63, 3.8) is 0 Å². The summed E-state index contributed by atoms with van der Waals surface area (Å²) in [5.41, 5.74) is 1.10. The largest absolute Gasteiger partial charge is 0.357 e. The molecule has 0 aliphatic rings. The zero-order valence-corrected chi connectivity index (χ0v) is 8.24. The summed E-state index contributed by atoms with van der Waals surface area (Å²) in [6.07, 6.45) is 0.894. The molecule has 0 aromatic carbocycles. The third-order valence-electron chi connectivity index (χ3n) is 1.33. The van der Waals surface area contributed by atoms with Gasteiger partial charge >= 0.3 is 0 Å². The Morgan fingerprint density at radius 2 is 2.42 bits per heavy atom. The van der Waals surface area contributed by atoms with Crippen molar-refractivity contribution >= 4 is 16.7 Å². The van der Waals surface area contributed by atoms with Crippen LogP contribution in [0.4, 0.5) is 5.13 Å². The van der Waals surface area contributed by atoms with Crippen LogP contribution in [0.3, 0.4) is 0 Å². The molecule has 1 aromatic heterocycles. The normalized spacial score (nSPS) is 9.83. The van der Waals surface area contributed by atoms with E-state index in [1.165, 1.54) is 11.5 Å². The first-order chi connectivity index (χ1) is 5.72. The lowest BCUT2D eigenvalue weighted by molar-refractivity contribution is 0.996. The minimum absolute atomic E-state index is 0.776. The van der Waals surface area contributed by atoms with Crippen molar-refractivity contribution < 1.29 is 0 Å². The average molecular weight is 183 g/mol. The second-order valence-electron chi connectivity index (χ2n) is 2.68. The SMILES string of the molecule is C=C(C)CNc1nc(CC)ns1. The van der Waals surface area contributed by atoms with E-state index in [2.05, 4.69) is 21.3 Å². The maximum atomic E-state index is 4.26. The lowest BCUT2D eigenvalue weighted by atomic mass is 10.4. The van der Waals surface area contributed by atoms with Crippen molar-refractivity contribution in [1.82, 2.24) is 9.36 Å². The highest BCUT2D eigenvalue weighted by atomic mass is 32.1. The van der Waals surface area contributed by atoms with Crippen molar-refractivity contribution in [1.29, 1.82) is 0 Å². The maximum Gasteiger partial charge on any atom is 0.202 e. The third-order valence-corrected chi connectivity index (χ3v) is 2.04. The Kier molecular flexibility index (Phi) is 3.22. The Labute approximate surface area is 76.7 Å². The number of nitrogens with one attached hydrogen (secondary N) is 1. The summed E-state index contributed by atoms with van der Waals surface area (Å²) in [5.74, 6) is 0.907. The van der Waals surface area contributed by atoms with E-state index in [-0.39, 0.29) is 0 Å². The summed E-state index contributed by atoms with van der Waals surface area (Å²) in [4.78, 5) is 4.26. The van der Waals surface area contributed by atoms with Crippen LogP contribution in [-0.2, 0) is 6.42 Å². The fourth-order valence-electron chi connectivity index (χ4n) is 0.696. The molecule has 0 radical (unpaired) electrons. The fourth-order valence-corrected chi connectivity index (χ4v) is 1.34. The van der Waals surface area contributed by atoms with Gasteiger partial charge in [0.25, 0.3) is 0 Å². The van der Waals surface area contributed by atoms with Gasteiger partial charge in [0.2, 0.25) is 5.13 Å². The zero-order chi connectivity index (χ0) is 8.97. The zero-order valence-electron chi connectivity index (χ0n) is 7.42. The van der Waals surface area contributed by atoms with Gasteiger partial charge in [-0.3, -0.25) is 0 Å². The number of nitrogens with zero attached hydrogens (tertiary/aromatic N) is 2. The number of hydrogen-bond donors (Lipinski definition) is 1. The maximum absolute atomic E-state index is 4.26. The van der Waals surface area contributed by atoms with E-state index in [0.29, 0.717) is 0 Å². The predicted molar refractivity (Wildman–Crippen MR) is 52.6 cm³/mol. The molecule has 66 valence electrons. The standard InChI is InChI=1S/C8H13N3S/c1-4-7-10-8(12-11-7)9-5-6(2)3/h2,4-5H2,1,3H3,(H,9,10,11). The molecule has 1 aromatic rings. The van der Waals surface area contributed by atoms with Crippen LogP contribution in [-0.4, -0.2) is 15.9 Å². The minimum atomic E-state index is 0.776. The minimum Gasteiger partial charge on any atom is -0.357 e. The summed E-state index contributed by atoms with van der Waals surface area (Å²) in [7, 11) is 0. The monoisotopic (exact) mass is 183 g/mol. The summed E-state index contributed by atoms with van der Waals surface area (Å²) < 4.78 is 4.15. The molecule has 1 rings (SSSR count). The summed E-state index contributed by atoms with van der Waals surface area (Å²) in [6.45, 7) is 8.59. The molecule has 4 heteroatoms. The third kappa shape index (κ3) is 2.62. The van der Waals surface area contributed by atoms with Gasteiger partial charge in [-0.25, -0.2) is 4.98 Å². The van der Waals surface area contributed by atoms with Crippen LogP contribution < -0.4 is 5.32 Å². The quantitative estimate of drug-likeness (QED) is 0.726. The molecular weight excluding hydrogens is 170 g/mol. The highest BCUT2D eigenvalue weighted by molar-refractivity contribution is 7.09. The van der Waals surface area contributed by atoms with Gasteiger partial charge in [-0.1, -0.05) is 19.1 Å². The number of aromatic nitrogens is 2. The van der Waals surface area contributed by atoms with Gasteiger partial charge in [-0.2, -0.15) is 4.37 Å². The topological polar surface area (TPSA) is 37.8 Å². The van der Waals surface area contributed by atoms with Crippen LogP contribution in [0, 0.1) is 0 Å². The smallest absolute Gasteiger partial charge is 0.202 e. The van der Waals surface area contributed by atoms with E-state index in [1.54, 1.807) is 0 Å². The summed E-state index contributed by atoms with van der Waals surface area (Å²) in [5, 5.41) is 4.03. The number of aryl methyl sites for hydroxylation is 1. The second-order valence-corrected chi connectivity index (χ2v) is 3.43. The molecule has 0 aliphatic heterocycles. The van der Waals surface area contributed by atoms with E-state index in [9.17, 15) is 0 Å². The van der Waals surface area contributed by atoms with Gasteiger partial charge in [0.1, 0.15) is 5.82 Å². The van der Waals surface area contributed by atoms with Crippen LogP contribution in [0.25, 0.3) is 0 Å². The highest BCUT2D eigenvalue weighted by Gasteiger charge is 1.99. The Morgan fingerprint density at radius 1 is 1.67 bits per heavy atom. The van der Waals surface area contributed by atoms with Crippen LogP contribution in [0.5, 0.6) is 0 Å². The van der Waals surface area contributed by atoms with E-state index in [4.69, 9.17) is 0 Å². The summed E-state index contributed by atoms with van der Waals surface area (Å²) in [6, 6.07) is 0. The predicted octanol–water partition coefficient (Wildman–Crippen LogP) is 2.09. The van der Waals surface area contributed by atoms with Gasteiger partial charge < -0.3 is 5.32 Å². The molecule has 0 amide bonds. The number of rotatable bonds is 4. The molecule has 12 heavy (non-hydrogen) atoms. The van der Waals surface area contributed by atoms with Crippen molar-refractivity contribution in [3.8, 4) is 0 Å². The van der Waals surface area contributed by atoms with E-state index >= 15 is 0 Å². The van der Waals surface area contributed by atoms with Gasteiger partial charge in [-0.05, 0) is 6.92 Å². The molecule has 0 saturated carbocycles. The average Bonchev–Trinajstić information content (AvgIpc) is 2.48. The Hall–Kier alpha value is -0.900. The Morgan fingerprint density at radius 3 is 2.92 bits per heavy atom. The van der Waals surface area contributed by atoms with Gasteiger partial charge in [0.05, 0.1) is 0 Å². The van der Waals surface area contributed by atoms with Crippen LogP contribution in [0.2, 0.25) is 0 Å². The summed E-state index contributed by atoms with van der Waals surface area (Å²) >= 11 is 1.40. The van der Waals surface area contributed by atoms with E-state index in [0.717, 1.165) is 29.5 Å². The first-order valence-electron chi connectivity index (χ1n) is 3.93. The fraction of sp³-hybridized carbons (Fsp3) is 0.500.